The smallest absolute Gasteiger partial charge is 0.408 e. The van der Waals surface area contributed by atoms with E-state index in [9.17, 15) is 32.0 Å². The van der Waals surface area contributed by atoms with Gasteiger partial charge in [0.05, 0.1) is 29.8 Å². The van der Waals surface area contributed by atoms with Gasteiger partial charge >= 0.3 is 6.09 Å². The molecule has 2 heterocycles. The normalized spacial score (nSPS) is 19.7. The van der Waals surface area contributed by atoms with E-state index >= 15 is 0 Å². The second-order valence-electron chi connectivity index (χ2n) is 16.7. The molecule has 1 saturated heterocycles. The molecule has 1 aliphatic carbocycles. The number of fused-ring (bicyclic) bond motifs is 1. The Morgan fingerprint density at radius 3 is 2.22 bits per heavy atom. The van der Waals surface area contributed by atoms with E-state index in [4.69, 9.17) is 19.2 Å². The van der Waals surface area contributed by atoms with Crippen molar-refractivity contribution < 1.29 is 46.2 Å². The van der Waals surface area contributed by atoms with Crippen LogP contribution in [-0.4, -0.2) is 85.1 Å². The number of sulfonamides is 1. The molecule has 0 spiro atoms. The van der Waals surface area contributed by atoms with Crippen molar-refractivity contribution in [1.82, 2.24) is 25.2 Å². The van der Waals surface area contributed by atoms with Gasteiger partial charge in [-0.3, -0.25) is 14.4 Å². The third-order valence-corrected chi connectivity index (χ3v) is 11.3. The highest BCUT2D eigenvalue weighted by Gasteiger charge is 2.58. The zero-order valence-corrected chi connectivity index (χ0v) is 34.7. The van der Waals surface area contributed by atoms with E-state index in [1.54, 1.807) is 72.9 Å². The number of hydrogen-bond acceptors (Lipinski definition) is 10. The summed E-state index contributed by atoms with van der Waals surface area (Å²) in [6, 6.07) is 18.0. The van der Waals surface area contributed by atoms with Gasteiger partial charge in [0.1, 0.15) is 46.6 Å². The highest BCUT2D eigenvalue weighted by atomic mass is 32.2. The molecule has 3 N–H and O–H groups in total. The van der Waals surface area contributed by atoms with Crippen LogP contribution in [0.15, 0.2) is 95.9 Å². The molecular weight excluding hydrogens is 782 g/mol. The summed E-state index contributed by atoms with van der Waals surface area (Å²) in [4.78, 5) is 61.6. The van der Waals surface area contributed by atoms with Gasteiger partial charge in [-0.25, -0.2) is 27.3 Å². The molecule has 4 unspecified atom stereocenters. The quantitative estimate of drug-likeness (QED) is 0.160. The lowest BCUT2D eigenvalue weighted by molar-refractivity contribution is -0.142. The molecule has 6 rings (SSSR count). The Morgan fingerprint density at radius 1 is 0.966 bits per heavy atom. The summed E-state index contributed by atoms with van der Waals surface area (Å²) < 4.78 is 59.3. The fourth-order valence-corrected chi connectivity index (χ4v) is 7.86. The van der Waals surface area contributed by atoms with E-state index in [2.05, 4.69) is 17.2 Å². The average molecular weight is 830 g/mol. The number of pyridine rings is 1. The number of halogens is 1. The average Bonchev–Trinajstić information content (AvgIpc) is 3.62. The fourth-order valence-electron chi connectivity index (χ4n) is 6.83. The number of hydrogen-bond donors (Lipinski definition) is 3. The summed E-state index contributed by atoms with van der Waals surface area (Å²) in [6.07, 6.45) is -1.76. The van der Waals surface area contributed by atoms with Crippen molar-refractivity contribution >= 4 is 44.7 Å². The number of carbonyl (C=O) groups excluding carboxylic acids is 4. The van der Waals surface area contributed by atoms with Gasteiger partial charge in [-0.2, -0.15) is 0 Å². The van der Waals surface area contributed by atoms with Gasteiger partial charge in [-0.05, 0) is 68.2 Å². The first-order valence-electron chi connectivity index (χ1n) is 18.9. The molecule has 59 heavy (non-hydrogen) atoms. The minimum Gasteiger partial charge on any atom is -0.497 e. The number of benzene rings is 3. The predicted molar refractivity (Wildman–Crippen MR) is 217 cm³/mol. The lowest BCUT2D eigenvalue weighted by Crippen LogP contribution is -2.60. The Labute approximate surface area is 342 Å². The molecule has 4 amide bonds. The Balaban J connectivity index is 1.34. The van der Waals surface area contributed by atoms with Gasteiger partial charge in [0.15, 0.2) is 0 Å². The Morgan fingerprint density at radius 2 is 1.63 bits per heavy atom. The molecule has 4 aromatic rings. The number of nitrogens with one attached hydrogen (secondary N) is 3. The zero-order chi connectivity index (χ0) is 43.1. The lowest BCUT2D eigenvalue weighted by atomic mass is 9.85. The summed E-state index contributed by atoms with van der Waals surface area (Å²) in [5.41, 5.74) is -1.34. The molecule has 1 aliphatic heterocycles. The topological polar surface area (TPSA) is 182 Å². The number of amides is 4. The first-order valence-corrected chi connectivity index (χ1v) is 20.4. The monoisotopic (exact) mass is 829 g/mol. The number of alkyl carbamates (subject to hydrolysis) is 1. The number of nitrogens with zero attached hydrogens (tertiary/aromatic N) is 2. The number of ether oxygens (including phenoxy) is 3. The van der Waals surface area contributed by atoms with Crippen LogP contribution in [0, 0.1) is 11.2 Å². The van der Waals surface area contributed by atoms with E-state index < -0.39 is 74.4 Å². The highest BCUT2D eigenvalue weighted by molar-refractivity contribution is 7.90. The first-order chi connectivity index (χ1) is 27.6. The first kappa shape index (κ1) is 42.6. The summed E-state index contributed by atoms with van der Waals surface area (Å²) >= 11 is 0. The highest BCUT2D eigenvalue weighted by Crippen LogP contribution is 2.43. The van der Waals surface area contributed by atoms with E-state index in [0.29, 0.717) is 28.1 Å². The summed E-state index contributed by atoms with van der Waals surface area (Å²) in [7, 11) is -2.92. The maximum absolute atomic E-state index is 14.7. The van der Waals surface area contributed by atoms with Crippen LogP contribution in [0.4, 0.5) is 9.18 Å². The second-order valence-corrected chi connectivity index (χ2v) is 18.4. The molecule has 2 fully saturated rings. The molecule has 4 atom stereocenters. The number of aromatic nitrogens is 1. The number of rotatable bonds is 11. The Hall–Kier alpha value is -6.03. The Kier molecular flexibility index (Phi) is 11.5. The maximum Gasteiger partial charge on any atom is 0.408 e. The van der Waals surface area contributed by atoms with Crippen LogP contribution in [0.2, 0.25) is 0 Å². The molecule has 1 saturated carbocycles. The molecule has 0 radical (unpaired) electrons. The Bertz CT molecular complexity index is 2410. The van der Waals surface area contributed by atoms with Crippen LogP contribution in [0.25, 0.3) is 22.2 Å². The summed E-state index contributed by atoms with van der Waals surface area (Å²) in [6.45, 7) is 14.1. The summed E-state index contributed by atoms with van der Waals surface area (Å²) in [5, 5.41) is 6.01. The lowest BCUT2D eigenvalue weighted by Gasteiger charge is -2.36. The van der Waals surface area contributed by atoms with Crippen LogP contribution >= 0.6 is 0 Å². The molecule has 3 aromatic carbocycles. The van der Waals surface area contributed by atoms with E-state index in [-0.39, 0.29) is 29.9 Å². The van der Waals surface area contributed by atoms with E-state index in [1.165, 1.54) is 4.90 Å². The van der Waals surface area contributed by atoms with Crippen LogP contribution in [0.1, 0.15) is 54.4 Å². The zero-order valence-electron chi connectivity index (χ0n) is 33.9. The van der Waals surface area contributed by atoms with Gasteiger partial charge in [-0.1, -0.05) is 57.7 Å². The minimum absolute atomic E-state index is 0.0560. The van der Waals surface area contributed by atoms with Crippen LogP contribution in [0.5, 0.6) is 11.5 Å². The molecule has 2 aliphatic rings. The number of methoxy groups -OCH3 is 1. The van der Waals surface area contributed by atoms with Crippen LogP contribution < -0.4 is 24.8 Å². The standard InChI is InChI=1S/C43H48FN5O9S/c1-25-23-43(25,39(52)48-59(54,55)30-17-14-27(44)15-18-30)47-37(50)34-21-29(24-49(34)38(51)36(41(2,3)4)46-40(53)58-42(5,6)7)57-35-22-32(26-12-10-9-11-13-26)45-33-20-28(56-8)16-19-31(33)35/h9-20,22,29,34,36H,1,21,23-24H2,2-8H3,(H,46,53)(H,47,50)(H,48,52). The molecular formula is C43H48FN5O9S. The number of likely N-dealkylation sites (tertiary alicyclic amines) is 1. The van der Waals surface area contributed by atoms with Crippen molar-refractivity contribution in [2.24, 2.45) is 5.41 Å². The van der Waals surface area contributed by atoms with Gasteiger partial charge in [-0.15, -0.1) is 0 Å². The fraction of sp³-hybridized carbons (Fsp3) is 0.372. The summed E-state index contributed by atoms with van der Waals surface area (Å²) in [5.74, 6) is -2.14. The van der Waals surface area contributed by atoms with Crippen molar-refractivity contribution in [3.63, 3.8) is 0 Å². The third kappa shape index (κ3) is 9.48. The molecule has 312 valence electrons. The van der Waals surface area contributed by atoms with Gasteiger partial charge in [0.25, 0.3) is 15.9 Å². The van der Waals surface area contributed by atoms with Crippen molar-refractivity contribution in [1.29, 1.82) is 0 Å². The van der Waals surface area contributed by atoms with Crippen molar-refractivity contribution in [3.05, 3.63) is 96.8 Å². The van der Waals surface area contributed by atoms with Crippen molar-refractivity contribution in [3.8, 4) is 22.8 Å². The van der Waals surface area contributed by atoms with Crippen molar-refractivity contribution in [2.45, 2.75) is 88.6 Å². The largest absolute Gasteiger partial charge is 0.497 e. The van der Waals surface area contributed by atoms with Crippen molar-refractivity contribution in [2.75, 3.05) is 13.7 Å². The van der Waals surface area contributed by atoms with E-state index in [1.807, 2.05) is 35.1 Å². The SMILES string of the molecule is C=C1CC1(NC(=O)C1CC(Oc2cc(-c3ccccc3)nc3cc(OC)ccc23)CN1C(=O)C(NC(=O)OC(C)(C)C)C(C)(C)C)C(=O)NS(=O)(=O)c1ccc(F)cc1. The third-order valence-electron chi connectivity index (χ3n) is 10.00. The van der Waals surface area contributed by atoms with Gasteiger partial charge < -0.3 is 29.7 Å². The second kappa shape index (κ2) is 16.0. The van der Waals surface area contributed by atoms with Crippen LogP contribution in [-0.2, 0) is 29.1 Å². The predicted octanol–water partition coefficient (Wildman–Crippen LogP) is 5.66. The maximum atomic E-state index is 14.7. The molecule has 0 bridgehead atoms. The minimum atomic E-state index is -4.47. The van der Waals surface area contributed by atoms with Gasteiger partial charge in [0, 0.05) is 35.9 Å². The molecule has 14 nitrogen and oxygen atoms in total. The van der Waals surface area contributed by atoms with Crippen LogP contribution in [0.3, 0.4) is 0 Å². The van der Waals surface area contributed by atoms with E-state index in [0.717, 1.165) is 29.8 Å². The molecule has 16 heteroatoms. The molecule has 1 aromatic heterocycles. The van der Waals surface area contributed by atoms with Gasteiger partial charge in [0.2, 0.25) is 11.8 Å². The number of carbonyl (C=O) groups is 4.